The van der Waals surface area contributed by atoms with Gasteiger partial charge < -0.3 is 10.5 Å². The van der Waals surface area contributed by atoms with Gasteiger partial charge in [-0.1, -0.05) is 0 Å². The predicted molar refractivity (Wildman–Crippen MR) is 42.5 cm³/mol. The Morgan fingerprint density at radius 2 is 2.17 bits per heavy atom. The maximum atomic E-state index is 10.6. The topological polar surface area (TPSA) is 93.8 Å². The SMILES string of the molecule is COC(=O)CC(C)=NNC(N)=O. The molecule has 0 aromatic heterocycles. The number of urea groups is 1. The second kappa shape index (κ2) is 5.11. The molecule has 0 aromatic rings. The second-order valence-electron chi connectivity index (χ2n) is 2.08. The van der Waals surface area contributed by atoms with Gasteiger partial charge in [-0.3, -0.25) is 4.79 Å². The minimum absolute atomic E-state index is 0.0385. The molecule has 0 aliphatic rings. The van der Waals surface area contributed by atoms with Gasteiger partial charge >= 0.3 is 12.0 Å². The largest absolute Gasteiger partial charge is 0.469 e. The number of rotatable bonds is 3. The average molecular weight is 173 g/mol. The average Bonchev–Trinajstić information content (AvgIpc) is 2.00. The van der Waals surface area contributed by atoms with Crippen molar-refractivity contribution in [1.82, 2.24) is 5.43 Å². The minimum Gasteiger partial charge on any atom is -0.469 e. The number of esters is 1. The third-order valence-corrected chi connectivity index (χ3v) is 0.985. The molecule has 3 N–H and O–H groups in total. The third kappa shape index (κ3) is 5.21. The van der Waals surface area contributed by atoms with Gasteiger partial charge in [0, 0.05) is 5.71 Å². The standard InChI is InChI=1S/C6H11N3O3/c1-4(3-5(10)12-2)8-9-6(7)11/h3H2,1-2H3,(H3,7,9,11). The molecular formula is C6H11N3O3. The molecule has 0 spiro atoms. The van der Waals surface area contributed by atoms with Crippen molar-refractivity contribution < 1.29 is 14.3 Å². The maximum absolute atomic E-state index is 10.6. The first-order valence-corrected chi connectivity index (χ1v) is 3.21. The van der Waals surface area contributed by atoms with Crippen molar-refractivity contribution in [2.24, 2.45) is 10.8 Å². The number of nitrogens with one attached hydrogen (secondary N) is 1. The van der Waals surface area contributed by atoms with E-state index >= 15 is 0 Å². The van der Waals surface area contributed by atoms with E-state index in [1.165, 1.54) is 7.11 Å². The monoisotopic (exact) mass is 173 g/mol. The number of primary amides is 1. The number of methoxy groups -OCH3 is 1. The van der Waals surface area contributed by atoms with Crippen molar-refractivity contribution >= 4 is 17.7 Å². The van der Waals surface area contributed by atoms with Crippen LogP contribution in [0.3, 0.4) is 0 Å². The normalized spacial score (nSPS) is 10.7. The summed E-state index contributed by atoms with van der Waals surface area (Å²) in [6.45, 7) is 1.58. The van der Waals surface area contributed by atoms with Crippen molar-refractivity contribution in [2.75, 3.05) is 7.11 Å². The van der Waals surface area contributed by atoms with Crippen LogP contribution in [0.1, 0.15) is 13.3 Å². The Balaban J connectivity index is 3.85. The summed E-state index contributed by atoms with van der Waals surface area (Å²) in [7, 11) is 1.27. The zero-order valence-electron chi connectivity index (χ0n) is 6.96. The molecule has 0 rings (SSSR count). The molecular weight excluding hydrogens is 162 g/mol. The quantitative estimate of drug-likeness (QED) is 0.345. The molecule has 0 aliphatic carbocycles. The smallest absolute Gasteiger partial charge is 0.332 e. The number of hydrogen-bond donors (Lipinski definition) is 2. The molecule has 2 amide bonds. The maximum Gasteiger partial charge on any atom is 0.332 e. The summed E-state index contributed by atoms with van der Waals surface area (Å²) in [5, 5.41) is 3.50. The summed E-state index contributed by atoms with van der Waals surface area (Å²) < 4.78 is 4.36. The van der Waals surface area contributed by atoms with Gasteiger partial charge in [-0.05, 0) is 6.92 Å². The van der Waals surface area contributed by atoms with Crippen LogP contribution in [0.4, 0.5) is 4.79 Å². The molecule has 12 heavy (non-hydrogen) atoms. The number of hydrogen-bond acceptors (Lipinski definition) is 4. The van der Waals surface area contributed by atoms with Crippen LogP contribution in [0.5, 0.6) is 0 Å². The van der Waals surface area contributed by atoms with E-state index in [0.29, 0.717) is 5.71 Å². The van der Waals surface area contributed by atoms with E-state index in [4.69, 9.17) is 5.73 Å². The van der Waals surface area contributed by atoms with E-state index in [-0.39, 0.29) is 6.42 Å². The zero-order chi connectivity index (χ0) is 9.56. The molecule has 0 saturated heterocycles. The number of hydrazone groups is 1. The number of nitrogens with two attached hydrogens (primary N) is 1. The van der Waals surface area contributed by atoms with Crippen LogP contribution in [-0.4, -0.2) is 24.8 Å². The number of carbonyl (C=O) groups is 2. The molecule has 0 heterocycles. The zero-order valence-corrected chi connectivity index (χ0v) is 6.96. The van der Waals surface area contributed by atoms with E-state index in [9.17, 15) is 9.59 Å². The summed E-state index contributed by atoms with van der Waals surface area (Å²) in [5.41, 5.74) is 7.16. The Kier molecular flexibility index (Phi) is 4.43. The van der Waals surface area contributed by atoms with Crippen molar-refractivity contribution in [3.63, 3.8) is 0 Å². The Bertz CT molecular complexity index is 212. The molecule has 0 aliphatic heterocycles. The van der Waals surface area contributed by atoms with E-state index in [0.717, 1.165) is 0 Å². The van der Waals surface area contributed by atoms with Crippen molar-refractivity contribution in [1.29, 1.82) is 0 Å². The van der Waals surface area contributed by atoms with Gasteiger partial charge in [0.15, 0.2) is 0 Å². The molecule has 0 saturated carbocycles. The highest BCUT2D eigenvalue weighted by Crippen LogP contribution is 1.87. The van der Waals surface area contributed by atoms with Gasteiger partial charge in [0.1, 0.15) is 0 Å². The highest BCUT2D eigenvalue weighted by atomic mass is 16.5. The van der Waals surface area contributed by atoms with Crippen LogP contribution in [0, 0.1) is 0 Å². The van der Waals surface area contributed by atoms with E-state index in [2.05, 4.69) is 9.84 Å². The van der Waals surface area contributed by atoms with Crippen molar-refractivity contribution in [3.05, 3.63) is 0 Å². The van der Waals surface area contributed by atoms with Gasteiger partial charge in [0.25, 0.3) is 0 Å². The van der Waals surface area contributed by atoms with Crippen LogP contribution in [0.25, 0.3) is 0 Å². The molecule has 6 heteroatoms. The number of amides is 2. The van der Waals surface area contributed by atoms with Crippen molar-refractivity contribution in [3.8, 4) is 0 Å². The molecule has 0 fully saturated rings. The Labute approximate surface area is 69.8 Å². The first-order chi connectivity index (χ1) is 5.56. The van der Waals surface area contributed by atoms with Crippen molar-refractivity contribution in [2.45, 2.75) is 13.3 Å². The second-order valence-corrected chi connectivity index (χ2v) is 2.08. The van der Waals surface area contributed by atoms with Gasteiger partial charge in [-0.15, -0.1) is 0 Å². The molecule has 0 aromatic carbocycles. The number of nitrogens with zero attached hydrogens (tertiary/aromatic N) is 1. The highest BCUT2D eigenvalue weighted by molar-refractivity contribution is 5.97. The van der Waals surface area contributed by atoms with Gasteiger partial charge in [-0.25, -0.2) is 10.2 Å². The molecule has 0 atom stereocenters. The summed E-state index contributed by atoms with van der Waals surface area (Å²) in [4.78, 5) is 20.8. The summed E-state index contributed by atoms with van der Waals surface area (Å²) in [6, 6.07) is -0.765. The Hall–Kier alpha value is -1.59. The van der Waals surface area contributed by atoms with Crippen LogP contribution >= 0.6 is 0 Å². The van der Waals surface area contributed by atoms with Crippen LogP contribution in [-0.2, 0) is 9.53 Å². The predicted octanol–water partition coefficient (Wildman–Crippen LogP) is -0.406. The Morgan fingerprint density at radius 1 is 1.58 bits per heavy atom. The summed E-state index contributed by atoms with van der Waals surface area (Å²) >= 11 is 0. The van der Waals surface area contributed by atoms with E-state index in [1.54, 1.807) is 6.92 Å². The van der Waals surface area contributed by atoms with Crippen LogP contribution in [0.15, 0.2) is 5.10 Å². The van der Waals surface area contributed by atoms with Crippen LogP contribution in [0.2, 0.25) is 0 Å². The van der Waals surface area contributed by atoms with E-state index in [1.807, 2.05) is 5.43 Å². The lowest BCUT2D eigenvalue weighted by molar-refractivity contribution is -0.139. The fourth-order valence-corrected chi connectivity index (χ4v) is 0.471. The van der Waals surface area contributed by atoms with E-state index < -0.39 is 12.0 Å². The summed E-state index contributed by atoms with van der Waals surface area (Å²) in [5.74, 6) is -0.414. The first kappa shape index (κ1) is 10.4. The van der Waals surface area contributed by atoms with Gasteiger partial charge in [0.2, 0.25) is 0 Å². The fraction of sp³-hybridized carbons (Fsp3) is 0.500. The first-order valence-electron chi connectivity index (χ1n) is 3.21. The molecule has 6 nitrogen and oxygen atoms in total. The number of ether oxygens (including phenoxy) is 1. The third-order valence-electron chi connectivity index (χ3n) is 0.985. The minimum atomic E-state index is -0.765. The van der Waals surface area contributed by atoms with Gasteiger partial charge in [0.05, 0.1) is 13.5 Å². The van der Waals surface area contributed by atoms with Gasteiger partial charge in [-0.2, -0.15) is 5.10 Å². The molecule has 0 unspecified atom stereocenters. The lowest BCUT2D eigenvalue weighted by Crippen LogP contribution is -2.25. The molecule has 68 valence electrons. The molecule has 0 radical (unpaired) electrons. The molecule has 0 bridgehead atoms. The Morgan fingerprint density at radius 3 is 2.58 bits per heavy atom. The lowest BCUT2D eigenvalue weighted by atomic mass is 10.3. The highest BCUT2D eigenvalue weighted by Gasteiger charge is 2.02. The fourth-order valence-electron chi connectivity index (χ4n) is 0.471. The summed E-state index contributed by atoms with van der Waals surface area (Å²) in [6.07, 6.45) is 0.0385. The number of carbonyl (C=O) groups excluding carboxylic acids is 2. The lowest BCUT2D eigenvalue weighted by Gasteiger charge is -1.98. The van der Waals surface area contributed by atoms with Crippen LogP contribution < -0.4 is 11.2 Å².